The van der Waals surface area contributed by atoms with Crippen LogP contribution in [0.5, 0.6) is 0 Å². The Morgan fingerprint density at radius 3 is 2.48 bits per heavy atom. The minimum absolute atomic E-state index is 0.0143. The van der Waals surface area contributed by atoms with Crippen LogP contribution in [0.25, 0.3) is 0 Å². The number of amides is 2. The van der Waals surface area contributed by atoms with Crippen LogP contribution < -0.4 is 5.32 Å². The largest absolute Gasteiger partial charge is 0.327 e. The number of hydrogen-bond donors (Lipinski definition) is 1. The summed E-state index contributed by atoms with van der Waals surface area (Å²) in [6.45, 7) is 0. The highest BCUT2D eigenvalue weighted by atomic mass is 16.2. The van der Waals surface area contributed by atoms with Gasteiger partial charge in [-0.3, -0.25) is 9.59 Å². The fourth-order valence-electron chi connectivity index (χ4n) is 4.30. The minimum Gasteiger partial charge on any atom is -0.327 e. The van der Waals surface area contributed by atoms with E-state index in [1.165, 1.54) is 12.8 Å². The monoisotopic (exact) mass is 312 g/mol. The van der Waals surface area contributed by atoms with Crippen LogP contribution in [0.15, 0.2) is 30.3 Å². The van der Waals surface area contributed by atoms with Gasteiger partial charge in [-0.15, -0.1) is 0 Å². The third-order valence-corrected chi connectivity index (χ3v) is 5.61. The molecule has 4 heteroatoms. The smallest absolute Gasteiger partial charge is 0.247 e. The van der Waals surface area contributed by atoms with Crippen molar-refractivity contribution in [3.05, 3.63) is 30.3 Å². The van der Waals surface area contributed by atoms with Crippen molar-refractivity contribution in [2.75, 3.05) is 5.32 Å². The maximum atomic E-state index is 12.8. The molecule has 2 aliphatic carbocycles. The summed E-state index contributed by atoms with van der Waals surface area (Å²) >= 11 is 0. The molecule has 0 unspecified atom stereocenters. The summed E-state index contributed by atoms with van der Waals surface area (Å²) in [5.74, 6) is 0.910. The Balaban J connectivity index is 1.54. The molecule has 4 nitrogen and oxygen atoms in total. The Labute approximate surface area is 137 Å². The molecule has 1 heterocycles. The quantitative estimate of drug-likeness (QED) is 0.932. The van der Waals surface area contributed by atoms with Gasteiger partial charge in [-0.1, -0.05) is 31.0 Å². The molecule has 0 spiro atoms. The van der Waals surface area contributed by atoms with Gasteiger partial charge in [-0.2, -0.15) is 0 Å². The van der Waals surface area contributed by atoms with E-state index in [0.29, 0.717) is 12.0 Å². The van der Waals surface area contributed by atoms with Crippen LogP contribution in [0.2, 0.25) is 0 Å². The highest BCUT2D eigenvalue weighted by molar-refractivity contribution is 5.98. The lowest BCUT2D eigenvalue weighted by atomic mass is 9.84. The van der Waals surface area contributed by atoms with Crippen LogP contribution in [0.1, 0.15) is 44.9 Å². The fraction of sp³-hybridized carbons (Fsp3) is 0.579. The van der Waals surface area contributed by atoms with Crippen molar-refractivity contribution < 1.29 is 9.59 Å². The van der Waals surface area contributed by atoms with Crippen LogP contribution in [-0.4, -0.2) is 28.8 Å². The van der Waals surface area contributed by atoms with E-state index in [4.69, 9.17) is 0 Å². The van der Waals surface area contributed by atoms with Gasteiger partial charge in [0, 0.05) is 17.6 Å². The molecule has 0 aromatic heterocycles. The lowest BCUT2D eigenvalue weighted by molar-refractivity contribution is -0.140. The van der Waals surface area contributed by atoms with Gasteiger partial charge >= 0.3 is 0 Å². The van der Waals surface area contributed by atoms with Crippen molar-refractivity contribution in [3.8, 4) is 0 Å². The van der Waals surface area contributed by atoms with Crippen molar-refractivity contribution >= 4 is 17.5 Å². The number of para-hydroxylation sites is 1. The zero-order valence-electron chi connectivity index (χ0n) is 13.4. The molecule has 3 fully saturated rings. The van der Waals surface area contributed by atoms with E-state index in [2.05, 4.69) is 5.32 Å². The number of fused-ring (bicyclic) bond motifs is 1. The maximum Gasteiger partial charge on any atom is 0.247 e. The molecular formula is C19H24N2O2. The summed E-state index contributed by atoms with van der Waals surface area (Å²) in [5.41, 5.74) is 0.811. The molecule has 1 aromatic rings. The van der Waals surface area contributed by atoms with Crippen LogP contribution in [-0.2, 0) is 9.59 Å². The van der Waals surface area contributed by atoms with Crippen molar-refractivity contribution in [1.29, 1.82) is 0 Å². The summed E-state index contributed by atoms with van der Waals surface area (Å²) in [6, 6.07) is 9.57. The number of hydrogen-bond acceptors (Lipinski definition) is 2. The second-order valence-corrected chi connectivity index (χ2v) is 7.24. The zero-order chi connectivity index (χ0) is 15.8. The molecular weight excluding hydrogens is 288 g/mol. The third-order valence-electron chi connectivity index (χ3n) is 5.61. The van der Waals surface area contributed by atoms with Gasteiger partial charge in [-0.05, 0) is 50.2 Å². The summed E-state index contributed by atoms with van der Waals surface area (Å²) in [4.78, 5) is 27.6. The molecule has 122 valence electrons. The summed E-state index contributed by atoms with van der Waals surface area (Å²) in [6.07, 6.45) is 7.48. The minimum atomic E-state index is -0.281. The Kier molecular flexibility index (Phi) is 3.83. The van der Waals surface area contributed by atoms with Gasteiger partial charge in [0.05, 0.1) is 0 Å². The van der Waals surface area contributed by atoms with Crippen molar-refractivity contribution in [2.45, 2.75) is 57.0 Å². The lowest BCUT2D eigenvalue weighted by Gasteiger charge is -2.33. The Hall–Kier alpha value is -1.84. The molecule has 2 amide bonds. The number of nitrogens with zero attached hydrogens (tertiary/aromatic N) is 1. The lowest BCUT2D eigenvalue weighted by Crippen LogP contribution is -2.48. The molecule has 2 saturated carbocycles. The van der Waals surface area contributed by atoms with Gasteiger partial charge in [0.2, 0.25) is 11.8 Å². The Morgan fingerprint density at radius 2 is 1.74 bits per heavy atom. The molecule has 23 heavy (non-hydrogen) atoms. The number of carbonyl (C=O) groups excluding carboxylic acids is 2. The number of rotatable bonds is 3. The Morgan fingerprint density at radius 1 is 1.00 bits per heavy atom. The molecule has 0 bridgehead atoms. The predicted octanol–water partition coefficient (Wildman–Crippen LogP) is 3.19. The van der Waals surface area contributed by atoms with Gasteiger partial charge in [0.15, 0.2) is 0 Å². The molecule has 1 aliphatic heterocycles. The predicted molar refractivity (Wildman–Crippen MR) is 88.8 cm³/mol. The normalized spacial score (nSPS) is 29.9. The van der Waals surface area contributed by atoms with E-state index in [1.54, 1.807) is 0 Å². The molecule has 1 N–H and O–H groups in total. The first kappa shape index (κ1) is 14.7. The van der Waals surface area contributed by atoms with E-state index in [1.807, 2.05) is 35.2 Å². The number of benzene rings is 1. The zero-order valence-corrected chi connectivity index (χ0v) is 13.4. The second-order valence-electron chi connectivity index (χ2n) is 7.24. The van der Waals surface area contributed by atoms with E-state index in [9.17, 15) is 9.59 Å². The molecule has 1 saturated heterocycles. The van der Waals surface area contributed by atoms with Gasteiger partial charge < -0.3 is 10.2 Å². The van der Waals surface area contributed by atoms with Gasteiger partial charge in [0.25, 0.3) is 0 Å². The van der Waals surface area contributed by atoms with Gasteiger partial charge in [0.1, 0.15) is 6.04 Å². The van der Waals surface area contributed by atoms with E-state index >= 15 is 0 Å². The first-order chi connectivity index (χ1) is 11.2. The number of anilines is 1. The summed E-state index contributed by atoms with van der Waals surface area (Å²) in [5, 5.41) is 3.00. The fourth-order valence-corrected chi connectivity index (χ4v) is 4.30. The van der Waals surface area contributed by atoms with Crippen molar-refractivity contribution in [3.63, 3.8) is 0 Å². The topological polar surface area (TPSA) is 49.4 Å². The number of carbonyl (C=O) groups is 2. The summed E-state index contributed by atoms with van der Waals surface area (Å²) < 4.78 is 0. The number of nitrogens with one attached hydrogen (secondary N) is 1. The van der Waals surface area contributed by atoms with Crippen molar-refractivity contribution in [1.82, 2.24) is 4.90 Å². The molecule has 3 aliphatic rings. The van der Waals surface area contributed by atoms with E-state index in [0.717, 1.165) is 37.8 Å². The standard InChI is InChI=1S/C19H24N2O2/c22-18(20-15-7-2-1-3-8-15)17-12-14-6-4-5-9-16(14)21(17)19(23)13-10-11-13/h1-3,7-8,13-14,16-17H,4-6,9-12H2,(H,20,22)/t14-,16-,17-/m0/s1. The van der Waals surface area contributed by atoms with Crippen LogP contribution in [0.3, 0.4) is 0 Å². The first-order valence-electron chi connectivity index (χ1n) is 8.92. The molecule has 1 aromatic carbocycles. The average Bonchev–Trinajstić information content (AvgIpc) is 3.35. The van der Waals surface area contributed by atoms with Crippen LogP contribution in [0, 0.1) is 11.8 Å². The third kappa shape index (κ3) is 2.87. The average molecular weight is 312 g/mol. The highest BCUT2D eigenvalue weighted by Crippen LogP contribution is 2.43. The molecule has 4 rings (SSSR count). The van der Waals surface area contributed by atoms with E-state index < -0.39 is 0 Å². The molecule has 0 radical (unpaired) electrons. The number of likely N-dealkylation sites (tertiary alicyclic amines) is 1. The highest BCUT2D eigenvalue weighted by Gasteiger charge is 2.50. The second kappa shape index (κ2) is 5.99. The summed E-state index contributed by atoms with van der Waals surface area (Å²) in [7, 11) is 0. The van der Waals surface area contributed by atoms with Gasteiger partial charge in [-0.25, -0.2) is 0 Å². The SMILES string of the molecule is O=C(Nc1ccccc1)[C@@H]1C[C@@H]2CCCC[C@@H]2N1C(=O)C1CC1. The maximum absolute atomic E-state index is 12.8. The first-order valence-corrected chi connectivity index (χ1v) is 8.92. The van der Waals surface area contributed by atoms with Crippen LogP contribution in [0.4, 0.5) is 5.69 Å². The van der Waals surface area contributed by atoms with Crippen LogP contribution >= 0.6 is 0 Å². The Bertz CT molecular complexity index is 597. The molecule has 3 atom stereocenters. The van der Waals surface area contributed by atoms with Crippen molar-refractivity contribution in [2.24, 2.45) is 11.8 Å². The van der Waals surface area contributed by atoms with E-state index in [-0.39, 0.29) is 23.8 Å².